The highest BCUT2D eigenvalue weighted by atomic mass is 35.5. The van der Waals surface area contributed by atoms with Gasteiger partial charge in [-0.3, -0.25) is 9.20 Å². The first-order valence-electron chi connectivity index (χ1n) is 7.16. The lowest BCUT2D eigenvalue weighted by Crippen LogP contribution is -2.20. The average Bonchev–Trinajstić information content (AvgIpc) is 3.26. The lowest BCUT2D eigenvalue weighted by molar-refractivity contribution is -0.116. The van der Waals surface area contributed by atoms with E-state index in [1.54, 1.807) is 6.08 Å². The van der Waals surface area contributed by atoms with Crippen molar-refractivity contribution in [2.75, 3.05) is 6.79 Å². The van der Waals surface area contributed by atoms with E-state index in [4.69, 9.17) is 21.1 Å². The fourth-order valence-corrected chi connectivity index (χ4v) is 3.38. The average molecular weight is 362 g/mol. The third-order valence-corrected chi connectivity index (χ3v) is 4.59. The SMILES string of the molecule is O=C(/C=C/c1c(Cl)nc2sccn12)NCc1ccc2c(c1)OCO2. The zero-order valence-electron chi connectivity index (χ0n) is 12.4. The van der Waals surface area contributed by atoms with E-state index < -0.39 is 0 Å². The van der Waals surface area contributed by atoms with Gasteiger partial charge >= 0.3 is 0 Å². The molecule has 0 spiro atoms. The monoisotopic (exact) mass is 361 g/mol. The second-order valence-electron chi connectivity index (χ2n) is 5.08. The van der Waals surface area contributed by atoms with Crippen LogP contribution in [0.5, 0.6) is 11.5 Å². The molecule has 0 bridgehead atoms. The number of hydrogen-bond donors (Lipinski definition) is 1. The van der Waals surface area contributed by atoms with E-state index in [0.29, 0.717) is 23.1 Å². The third kappa shape index (κ3) is 2.83. The highest BCUT2D eigenvalue weighted by Gasteiger charge is 2.13. The zero-order valence-corrected chi connectivity index (χ0v) is 13.9. The molecule has 0 radical (unpaired) electrons. The molecule has 0 unspecified atom stereocenters. The Hall–Kier alpha value is -2.51. The fraction of sp³-hybridized carbons (Fsp3) is 0.125. The molecule has 0 fully saturated rings. The molecular formula is C16H12ClN3O3S. The molecular weight excluding hydrogens is 350 g/mol. The molecule has 3 aromatic rings. The first-order valence-corrected chi connectivity index (χ1v) is 8.42. The van der Waals surface area contributed by atoms with Gasteiger partial charge in [-0.05, 0) is 23.8 Å². The molecule has 4 rings (SSSR count). The minimum Gasteiger partial charge on any atom is -0.454 e. The number of nitrogens with one attached hydrogen (secondary N) is 1. The molecule has 2 aromatic heterocycles. The smallest absolute Gasteiger partial charge is 0.244 e. The van der Waals surface area contributed by atoms with Gasteiger partial charge in [-0.2, -0.15) is 0 Å². The summed E-state index contributed by atoms with van der Waals surface area (Å²) in [6.07, 6.45) is 4.97. The fourth-order valence-electron chi connectivity index (χ4n) is 2.38. The number of carbonyl (C=O) groups excluding carboxylic acids is 1. The molecule has 1 aliphatic heterocycles. The number of amides is 1. The van der Waals surface area contributed by atoms with Crippen molar-refractivity contribution in [3.05, 3.63) is 52.3 Å². The van der Waals surface area contributed by atoms with Crippen molar-refractivity contribution in [2.45, 2.75) is 6.54 Å². The highest BCUT2D eigenvalue weighted by molar-refractivity contribution is 7.15. The first kappa shape index (κ1) is 15.0. The van der Waals surface area contributed by atoms with Gasteiger partial charge in [0.15, 0.2) is 21.6 Å². The summed E-state index contributed by atoms with van der Waals surface area (Å²) in [5.74, 6) is 1.21. The van der Waals surface area contributed by atoms with Crippen molar-refractivity contribution >= 4 is 39.9 Å². The van der Waals surface area contributed by atoms with Crippen LogP contribution in [0.25, 0.3) is 11.0 Å². The number of benzene rings is 1. The third-order valence-electron chi connectivity index (χ3n) is 3.55. The van der Waals surface area contributed by atoms with Gasteiger partial charge in [-0.1, -0.05) is 17.7 Å². The van der Waals surface area contributed by atoms with Crippen LogP contribution in [0.2, 0.25) is 5.15 Å². The highest BCUT2D eigenvalue weighted by Crippen LogP contribution is 2.32. The number of carbonyl (C=O) groups is 1. The van der Waals surface area contributed by atoms with Crippen molar-refractivity contribution in [1.82, 2.24) is 14.7 Å². The zero-order chi connectivity index (χ0) is 16.5. The molecule has 24 heavy (non-hydrogen) atoms. The molecule has 1 amide bonds. The van der Waals surface area contributed by atoms with Crippen LogP contribution in [0.4, 0.5) is 0 Å². The van der Waals surface area contributed by atoms with Crippen molar-refractivity contribution in [2.24, 2.45) is 0 Å². The van der Waals surface area contributed by atoms with Crippen molar-refractivity contribution in [1.29, 1.82) is 0 Å². The van der Waals surface area contributed by atoms with E-state index in [2.05, 4.69) is 10.3 Å². The van der Waals surface area contributed by atoms with Crippen LogP contribution in [0.3, 0.4) is 0 Å². The van der Waals surface area contributed by atoms with E-state index in [1.165, 1.54) is 17.4 Å². The van der Waals surface area contributed by atoms with Gasteiger partial charge in [0.1, 0.15) is 0 Å². The summed E-state index contributed by atoms with van der Waals surface area (Å²) in [7, 11) is 0. The minimum atomic E-state index is -0.214. The van der Waals surface area contributed by atoms with Crippen LogP contribution in [0, 0.1) is 0 Å². The Morgan fingerprint density at radius 3 is 3.21 bits per heavy atom. The summed E-state index contributed by atoms with van der Waals surface area (Å²) in [5.41, 5.74) is 1.62. The Bertz CT molecular complexity index is 947. The van der Waals surface area contributed by atoms with Gasteiger partial charge in [0.2, 0.25) is 12.7 Å². The Balaban J connectivity index is 1.41. The number of fused-ring (bicyclic) bond motifs is 2. The number of thiazole rings is 1. The number of rotatable bonds is 4. The van der Waals surface area contributed by atoms with E-state index in [0.717, 1.165) is 16.3 Å². The molecule has 1 aromatic carbocycles. The summed E-state index contributed by atoms with van der Waals surface area (Å²) >= 11 is 7.57. The number of aromatic nitrogens is 2. The molecule has 8 heteroatoms. The topological polar surface area (TPSA) is 64.9 Å². The van der Waals surface area contributed by atoms with E-state index in [1.807, 2.05) is 34.2 Å². The van der Waals surface area contributed by atoms with Gasteiger partial charge in [-0.25, -0.2) is 4.98 Å². The summed E-state index contributed by atoms with van der Waals surface area (Å²) in [5, 5.41) is 5.11. The second kappa shape index (κ2) is 6.18. The Morgan fingerprint density at radius 2 is 2.29 bits per heavy atom. The predicted molar refractivity (Wildman–Crippen MR) is 91.5 cm³/mol. The summed E-state index contributed by atoms with van der Waals surface area (Å²) in [4.78, 5) is 17.0. The van der Waals surface area contributed by atoms with Gasteiger partial charge in [-0.15, -0.1) is 11.3 Å². The molecule has 1 aliphatic rings. The molecule has 122 valence electrons. The largest absolute Gasteiger partial charge is 0.454 e. The number of ether oxygens (including phenoxy) is 2. The van der Waals surface area contributed by atoms with Crippen LogP contribution in [0.15, 0.2) is 35.9 Å². The van der Waals surface area contributed by atoms with E-state index in [-0.39, 0.29) is 12.7 Å². The maximum absolute atomic E-state index is 12.0. The number of nitrogens with zero attached hydrogens (tertiary/aromatic N) is 2. The van der Waals surface area contributed by atoms with Crippen molar-refractivity contribution < 1.29 is 14.3 Å². The number of halogens is 1. The second-order valence-corrected chi connectivity index (χ2v) is 6.31. The normalized spacial score (nSPS) is 13.0. The van der Waals surface area contributed by atoms with Crippen molar-refractivity contribution in [3.63, 3.8) is 0 Å². The summed E-state index contributed by atoms with van der Waals surface area (Å²) in [6, 6.07) is 5.58. The van der Waals surface area contributed by atoms with Gasteiger partial charge < -0.3 is 14.8 Å². The molecule has 1 N–H and O–H groups in total. The van der Waals surface area contributed by atoms with E-state index >= 15 is 0 Å². The molecule has 6 nitrogen and oxygen atoms in total. The quantitative estimate of drug-likeness (QED) is 0.725. The lowest BCUT2D eigenvalue weighted by atomic mass is 10.2. The molecule has 0 aliphatic carbocycles. The Kier molecular flexibility index (Phi) is 3.87. The molecule has 3 heterocycles. The molecule has 0 atom stereocenters. The Labute approximate surface area is 146 Å². The van der Waals surface area contributed by atoms with Crippen LogP contribution < -0.4 is 14.8 Å². The van der Waals surface area contributed by atoms with Crippen LogP contribution in [-0.2, 0) is 11.3 Å². The summed E-state index contributed by atoms with van der Waals surface area (Å²) in [6.45, 7) is 0.630. The number of imidazole rings is 1. The standard InChI is InChI=1S/C16H12ClN3O3S/c17-15-11(20-5-6-24-16(20)19-15)2-4-14(21)18-8-10-1-3-12-13(7-10)23-9-22-12/h1-7H,8-9H2,(H,18,21)/b4-2+. The molecule has 0 saturated heterocycles. The first-order chi connectivity index (χ1) is 11.7. The van der Waals surface area contributed by atoms with Gasteiger partial charge in [0.25, 0.3) is 0 Å². The number of hydrogen-bond acceptors (Lipinski definition) is 5. The molecule has 0 saturated carbocycles. The van der Waals surface area contributed by atoms with Gasteiger partial charge in [0, 0.05) is 24.2 Å². The van der Waals surface area contributed by atoms with Crippen LogP contribution in [-0.4, -0.2) is 22.1 Å². The van der Waals surface area contributed by atoms with Crippen LogP contribution in [0.1, 0.15) is 11.3 Å². The summed E-state index contributed by atoms with van der Waals surface area (Å²) < 4.78 is 12.4. The predicted octanol–water partition coefficient (Wildman–Crippen LogP) is 3.11. The van der Waals surface area contributed by atoms with Crippen LogP contribution >= 0.6 is 22.9 Å². The van der Waals surface area contributed by atoms with E-state index in [9.17, 15) is 4.79 Å². The minimum absolute atomic E-state index is 0.214. The maximum atomic E-state index is 12.0. The van der Waals surface area contributed by atoms with Crippen molar-refractivity contribution in [3.8, 4) is 11.5 Å². The lowest BCUT2D eigenvalue weighted by Gasteiger charge is -2.04. The maximum Gasteiger partial charge on any atom is 0.244 e. The van der Waals surface area contributed by atoms with Gasteiger partial charge in [0.05, 0.1) is 5.69 Å². The Morgan fingerprint density at radius 1 is 1.42 bits per heavy atom.